The van der Waals surface area contributed by atoms with Crippen molar-refractivity contribution in [1.29, 1.82) is 0 Å². The zero-order chi connectivity index (χ0) is 16.8. The Balaban J connectivity index is 1.39. The van der Waals surface area contributed by atoms with Gasteiger partial charge in [-0.2, -0.15) is 0 Å². The number of hydrogen-bond acceptors (Lipinski definition) is 4. The molecule has 3 rings (SSSR count). The van der Waals surface area contributed by atoms with Gasteiger partial charge in [-0.05, 0) is 24.3 Å². The number of rotatable bonds is 5. The summed E-state index contributed by atoms with van der Waals surface area (Å²) in [4.78, 5) is 28.3. The van der Waals surface area contributed by atoms with Crippen LogP contribution in [0.4, 0.5) is 0 Å². The van der Waals surface area contributed by atoms with E-state index in [2.05, 4.69) is 10.2 Å². The van der Waals surface area contributed by atoms with Gasteiger partial charge in [-0.3, -0.25) is 14.5 Å². The first-order valence-corrected chi connectivity index (χ1v) is 8.12. The van der Waals surface area contributed by atoms with Gasteiger partial charge in [0.25, 0.3) is 11.8 Å². The molecule has 1 aromatic heterocycles. The zero-order valence-electron chi connectivity index (χ0n) is 13.5. The summed E-state index contributed by atoms with van der Waals surface area (Å²) < 4.78 is 5.05. The molecule has 126 valence electrons. The molecular formula is C18H21N3O3. The SMILES string of the molecule is O=C(NCCN1CCN(C(=O)c2ccccc2)CC1)c1ccco1. The zero-order valence-corrected chi connectivity index (χ0v) is 13.5. The van der Waals surface area contributed by atoms with Crippen molar-refractivity contribution < 1.29 is 14.0 Å². The molecule has 6 heteroatoms. The van der Waals surface area contributed by atoms with Gasteiger partial charge in [0.2, 0.25) is 0 Å². The number of carbonyl (C=O) groups excluding carboxylic acids is 2. The van der Waals surface area contributed by atoms with Gasteiger partial charge in [0.05, 0.1) is 6.26 Å². The topological polar surface area (TPSA) is 65.8 Å². The Morgan fingerprint density at radius 3 is 2.42 bits per heavy atom. The summed E-state index contributed by atoms with van der Waals surface area (Å²) in [6.45, 7) is 4.37. The van der Waals surface area contributed by atoms with Crippen LogP contribution in [0.2, 0.25) is 0 Å². The van der Waals surface area contributed by atoms with Crippen molar-refractivity contribution in [3.8, 4) is 0 Å². The second-order valence-electron chi connectivity index (χ2n) is 5.73. The molecule has 0 saturated carbocycles. The molecule has 2 heterocycles. The first-order valence-electron chi connectivity index (χ1n) is 8.12. The molecule has 0 unspecified atom stereocenters. The number of amides is 2. The van der Waals surface area contributed by atoms with Gasteiger partial charge in [0.1, 0.15) is 0 Å². The molecule has 0 spiro atoms. The van der Waals surface area contributed by atoms with Crippen LogP contribution < -0.4 is 5.32 Å². The second-order valence-corrected chi connectivity index (χ2v) is 5.73. The van der Waals surface area contributed by atoms with Crippen LogP contribution in [0.3, 0.4) is 0 Å². The predicted octanol–water partition coefficient (Wildman–Crippen LogP) is 1.47. The quantitative estimate of drug-likeness (QED) is 0.903. The predicted molar refractivity (Wildman–Crippen MR) is 89.8 cm³/mol. The third-order valence-electron chi connectivity index (χ3n) is 4.14. The van der Waals surface area contributed by atoms with Gasteiger partial charge in [0, 0.05) is 44.8 Å². The van der Waals surface area contributed by atoms with Crippen LogP contribution in [0.1, 0.15) is 20.9 Å². The van der Waals surface area contributed by atoms with E-state index < -0.39 is 0 Å². The summed E-state index contributed by atoms with van der Waals surface area (Å²) in [7, 11) is 0. The monoisotopic (exact) mass is 327 g/mol. The molecule has 1 aromatic carbocycles. The second kappa shape index (κ2) is 7.79. The van der Waals surface area contributed by atoms with E-state index in [-0.39, 0.29) is 11.8 Å². The molecule has 1 saturated heterocycles. The highest BCUT2D eigenvalue weighted by Gasteiger charge is 2.21. The number of benzene rings is 1. The van der Waals surface area contributed by atoms with E-state index in [0.29, 0.717) is 25.4 Å². The molecule has 1 aliphatic heterocycles. The average molecular weight is 327 g/mol. The van der Waals surface area contributed by atoms with Crippen molar-refractivity contribution in [2.45, 2.75) is 0 Å². The van der Waals surface area contributed by atoms with Crippen molar-refractivity contribution >= 4 is 11.8 Å². The molecule has 0 radical (unpaired) electrons. The Bertz CT molecular complexity index is 662. The highest BCUT2D eigenvalue weighted by molar-refractivity contribution is 5.94. The summed E-state index contributed by atoms with van der Waals surface area (Å²) >= 11 is 0. The number of piperazine rings is 1. The normalized spacial score (nSPS) is 15.2. The molecule has 2 aromatic rings. The lowest BCUT2D eigenvalue weighted by Crippen LogP contribution is -2.50. The first-order chi connectivity index (χ1) is 11.7. The summed E-state index contributed by atoms with van der Waals surface area (Å²) in [6, 6.07) is 12.7. The van der Waals surface area contributed by atoms with E-state index in [0.717, 1.165) is 25.2 Å². The number of hydrogen-bond donors (Lipinski definition) is 1. The number of nitrogens with one attached hydrogen (secondary N) is 1. The molecular weight excluding hydrogens is 306 g/mol. The van der Waals surface area contributed by atoms with Gasteiger partial charge in [-0.25, -0.2) is 0 Å². The van der Waals surface area contributed by atoms with Crippen molar-refractivity contribution in [3.63, 3.8) is 0 Å². The Morgan fingerprint density at radius 1 is 1.00 bits per heavy atom. The lowest BCUT2D eigenvalue weighted by atomic mass is 10.2. The number of nitrogens with zero attached hydrogens (tertiary/aromatic N) is 2. The van der Waals surface area contributed by atoms with Crippen LogP contribution in [0.15, 0.2) is 53.1 Å². The molecule has 1 aliphatic rings. The van der Waals surface area contributed by atoms with Gasteiger partial charge in [-0.15, -0.1) is 0 Å². The molecule has 1 fully saturated rings. The fourth-order valence-electron chi connectivity index (χ4n) is 2.76. The molecule has 6 nitrogen and oxygen atoms in total. The molecule has 24 heavy (non-hydrogen) atoms. The van der Waals surface area contributed by atoms with Crippen LogP contribution in [-0.4, -0.2) is 60.9 Å². The van der Waals surface area contributed by atoms with Crippen molar-refractivity contribution in [2.75, 3.05) is 39.3 Å². The van der Waals surface area contributed by atoms with E-state index in [1.54, 1.807) is 12.1 Å². The van der Waals surface area contributed by atoms with Crippen molar-refractivity contribution in [1.82, 2.24) is 15.1 Å². The van der Waals surface area contributed by atoms with Crippen LogP contribution in [0.5, 0.6) is 0 Å². The maximum absolute atomic E-state index is 12.4. The molecule has 0 aliphatic carbocycles. The Kier molecular flexibility index (Phi) is 5.28. The van der Waals surface area contributed by atoms with Crippen LogP contribution in [0, 0.1) is 0 Å². The third kappa shape index (κ3) is 4.02. The molecule has 2 amide bonds. The summed E-state index contributed by atoms with van der Waals surface area (Å²) in [5, 5.41) is 2.84. The summed E-state index contributed by atoms with van der Waals surface area (Å²) in [6.07, 6.45) is 1.48. The standard InChI is InChI=1S/C18H21N3O3/c22-17(16-7-4-14-24-16)19-8-9-20-10-12-21(13-11-20)18(23)15-5-2-1-3-6-15/h1-7,14H,8-13H2,(H,19,22). The third-order valence-corrected chi connectivity index (χ3v) is 4.14. The molecule has 0 bridgehead atoms. The van der Waals surface area contributed by atoms with Crippen LogP contribution in [-0.2, 0) is 0 Å². The van der Waals surface area contributed by atoms with Gasteiger partial charge >= 0.3 is 0 Å². The number of furan rings is 1. The fraction of sp³-hybridized carbons (Fsp3) is 0.333. The number of carbonyl (C=O) groups is 2. The van der Waals surface area contributed by atoms with Gasteiger partial charge in [-0.1, -0.05) is 18.2 Å². The maximum Gasteiger partial charge on any atom is 0.287 e. The van der Waals surface area contributed by atoms with Crippen LogP contribution in [0.25, 0.3) is 0 Å². The summed E-state index contributed by atoms with van der Waals surface area (Å²) in [5.74, 6) is 0.215. The van der Waals surface area contributed by atoms with E-state index >= 15 is 0 Å². The average Bonchev–Trinajstić information content (AvgIpc) is 3.17. The lowest BCUT2D eigenvalue weighted by Gasteiger charge is -2.34. The van der Waals surface area contributed by atoms with E-state index in [1.807, 2.05) is 35.2 Å². The minimum atomic E-state index is -0.196. The van der Waals surface area contributed by atoms with E-state index in [1.165, 1.54) is 6.26 Å². The first kappa shape index (κ1) is 16.3. The van der Waals surface area contributed by atoms with E-state index in [4.69, 9.17) is 4.42 Å². The van der Waals surface area contributed by atoms with Gasteiger partial charge in [0.15, 0.2) is 5.76 Å². The van der Waals surface area contributed by atoms with Crippen molar-refractivity contribution in [2.24, 2.45) is 0 Å². The highest BCUT2D eigenvalue weighted by Crippen LogP contribution is 2.08. The largest absolute Gasteiger partial charge is 0.459 e. The van der Waals surface area contributed by atoms with Crippen LogP contribution >= 0.6 is 0 Å². The smallest absolute Gasteiger partial charge is 0.287 e. The highest BCUT2D eigenvalue weighted by atomic mass is 16.3. The fourth-order valence-corrected chi connectivity index (χ4v) is 2.76. The lowest BCUT2D eigenvalue weighted by molar-refractivity contribution is 0.0637. The maximum atomic E-state index is 12.4. The minimum absolute atomic E-state index is 0.0846. The molecule has 1 N–H and O–H groups in total. The summed E-state index contributed by atoms with van der Waals surface area (Å²) in [5.41, 5.74) is 0.733. The Morgan fingerprint density at radius 2 is 1.75 bits per heavy atom. The van der Waals surface area contributed by atoms with Crippen molar-refractivity contribution in [3.05, 3.63) is 60.1 Å². The van der Waals surface area contributed by atoms with Gasteiger partial charge < -0.3 is 14.6 Å². The Hall–Kier alpha value is -2.60. The van der Waals surface area contributed by atoms with E-state index in [9.17, 15) is 9.59 Å². The molecule has 0 atom stereocenters. The minimum Gasteiger partial charge on any atom is -0.459 e. The Labute approximate surface area is 141 Å².